The van der Waals surface area contributed by atoms with Gasteiger partial charge in [0.15, 0.2) is 0 Å². The van der Waals surface area contributed by atoms with Crippen LogP contribution in [0.4, 0.5) is 0 Å². The largest absolute Gasteiger partial charge is 0.497 e. The molecule has 13 heavy (non-hydrogen) atoms. The summed E-state index contributed by atoms with van der Waals surface area (Å²) in [6.07, 6.45) is 0. The van der Waals surface area contributed by atoms with Crippen LogP contribution in [0.5, 0.6) is 11.5 Å². The van der Waals surface area contributed by atoms with Crippen molar-refractivity contribution in [1.29, 1.82) is 0 Å². The number of hydrogen-bond acceptors (Lipinski definition) is 2. The van der Waals surface area contributed by atoms with Gasteiger partial charge in [-0.25, -0.2) is 0 Å². The van der Waals surface area contributed by atoms with Crippen LogP contribution in [0.1, 0.15) is 0 Å². The zero-order valence-corrected chi connectivity index (χ0v) is 8.47. The van der Waals surface area contributed by atoms with Crippen molar-refractivity contribution in [2.45, 2.75) is 0 Å². The summed E-state index contributed by atoms with van der Waals surface area (Å²) in [7, 11) is 1.58. The smallest absolute Gasteiger partial charge is 0.205 e. The molecule has 1 rings (SSSR count). The first kappa shape index (κ1) is 10.2. The van der Waals surface area contributed by atoms with E-state index in [1.807, 2.05) is 6.07 Å². The first-order valence-electron chi connectivity index (χ1n) is 3.54. The van der Waals surface area contributed by atoms with E-state index < -0.39 is 0 Å². The Balaban J connectivity index is 2.77. The maximum atomic E-state index is 5.56. The van der Waals surface area contributed by atoms with Gasteiger partial charge in [0.05, 0.1) is 12.6 Å². The van der Waals surface area contributed by atoms with Gasteiger partial charge in [0.2, 0.25) is 5.22 Å². The molecule has 1 aromatic carbocycles. The van der Waals surface area contributed by atoms with E-state index in [0.717, 1.165) is 5.54 Å². The molecule has 0 N–H and O–H groups in total. The topological polar surface area (TPSA) is 18.5 Å². The van der Waals surface area contributed by atoms with Crippen LogP contribution in [0.25, 0.3) is 0 Å². The number of benzene rings is 1. The van der Waals surface area contributed by atoms with Crippen LogP contribution in [0.2, 0.25) is 0 Å². The molecule has 0 saturated heterocycles. The highest BCUT2D eigenvalue weighted by Crippen LogP contribution is 2.21. The molecular weight excluding hydrogens is 211 g/mol. The van der Waals surface area contributed by atoms with E-state index in [2.05, 4.69) is 0 Å². The van der Waals surface area contributed by atoms with Gasteiger partial charge >= 0.3 is 0 Å². The second kappa shape index (κ2) is 5.00. The molecule has 0 fully saturated rings. The van der Waals surface area contributed by atoms with Gasteiger partial charge in [-0.1, -0.05) is 17.7 Å². The number of halogens is 2. The van der Waals surface area contributed by atoms with Crippen molar-refractivity contribution >= 4 is 23.2 Å². The Morgan fingerprint density at radius 3 is 2.69 bits per heavy atom. The van der Waals surface area contributed by atoms with Gasteiger partial charge in [-0.05, 0) is 23.7 Å². The van der Waals surface area contributed by atoms with E-state index in [-0.39, 0.29) is 5.22 Å². The molecule has 0 bridgehead atoms. The molecule has 70 valence electrons. The van der Waals surface area contributed by atoms with Crippen LogP contribution in [-0.2, 0) is 0 Å². The molecule has 4 heteroatoms. The molecule has 0 aliphatic rings. The quantitative estimate of drug-likeness (QED) is 0.725. The van der Waals surface area contributed by atoms with Crippen molar-refractivity contribution in [2.24, 2.45) is 0 Å². The fraction of sp³-hybridized carbons (Fsp3) is 0.111. The van der Waals surface area contributed by atoms with Crippen molar-refractivity contribution in [3.8, 4) is 11.5 Å². The van der Waals surface area contributed by atoms with E-state index in [4.69, 9.17) is 32.7 Å². The fourth-order valence-electron chi connectivity index (χ4n) is 0.800. The lowest BCUT2D eigenvalue weighted by molar-refractivity contribution is 0.407. The van der Waals surface area contributed by atoms with Crippen LogP contribution in [0, 0.1) is 0 Å². The van der Waals surface area contributed by atoms with Gasteiger partial charge in [0.1, 0.15) is 11.5 Å². The molecule has 0 heterocycles. The summed E-state index contributed by atoms with van der Waals surface area (Å²) in [5.74, 6) is 1.29. The molecule has 0 unspecified atom stereocenters. The van der Waals surface area contributed by atoms with Crippen LogP contribution in [-0.4, -0.2) is 7.11 Å². The number of ether oxygens (including phenoxy) is 2. The van der Waals surface area contributed by atoms with Gasteiger partial charge in [-0.15, -0.1) is 0 Å². The van der Waals surface area contributed by atoms with E-state index in [0.29, 0.717) is 11.5 Å². The number of rotatable bonds is 3. The van der Waals surface area contributed by atoms with Crippen LogP contribution in [0.3, 0.4) is 0 Å². The van der Waals surface area contributed by atoms with Crippen LogP contribution < -0.4 is 9.47 Å². The summed E-state index contributed by atoms with van der Waals surface area (Å²) in [5, 5.41) is 0.120. The Morgan fingerprint density at radius 1 is 1.38 bits per heavy atom. The molecule has 0 aliphatic heterocycles. The minimum Gasteiger partial charge on any atom is -0.497 e. The first-order chi connectivity index (χ1) is 6.26. The summed E-state index contributed by atoms with van der Waals surface area (Å²) in [6.45, 7) is 0. The zero-order chi connectivity index (χ0) is 9.68. The normalized spacial score (nSPS) is 11.2. The van der Waals surface area contributed by atoms with Gasteiger partial charge < -0.3 is 9.47 Å². The molecule has 0 aromatic heterocycles. The zero-order valence-electron chi connectivity index (χ0n) is 6.96. The lowest BCUT2D eigenvalue weighted by Gasteiger charge is -2.04. The standard InChI is InChI=1S/C9H8Cl2O2/c1-12-7-3-2-4-8(5-7)13-9(11)6-10/h2-6H,1H3/b9-6-. The number of hydrogen-bond donors (Lipinski definition) is 0. The molecule has 2 nitrogen and oxygen atoms in total. The van der Waals surface area contributed by atoms with Crippen molar-refractivity contribution < 1.29 is 9.47 Å². The summed E-state index contributed by atoms with van der Waals surface area (Å²) in [5.41, 5.74) is 1.15. The lowest BCUT2D eigenvalue weighted by atomic mass is 10.3. The summed E-state index contributed by atoms with van der Waals surface area (Å²) in [6, 6.07) is 7.08. The maximum absolute atomic E-state index is 5.56. The predicted molar refractivity (Wildman–Crippen MR) is 53.4 cm³/mol. The lowest BCUT2D eigenvalue weighted by Crippen LogP contribution is -1.88. The van der Waals surface area contributed by atoms with Crippen molar-refractivity contribution in [1.82, 2.24) is 0 Å². The fourth-order valence-corrected chi connectivity index (χ4v) is 0.933. The summed E-state index contributed by atoms with van der Waals surface area (Å²) >= 11 is 10.9. The Kier molecular flexibility index (Phi) is 3.93. The second-order valence-electron chi connectivity index (χ2n) is 2.19. The maximum Gasteiger partial charge on any atom is 0.205 e. The molecule has 0 amide bonds. The molecule has 0 radical (unpaired) electrons. The second-order valence-corrected chi connectivity index (χ2v) is 2.79. The Hall–Kier alpha value is -0.860. The van der Waals surface area contributed by atoms with Crippen molar-refractivity contribution in [3.05, 3.63) is 35.0 Å². The third-order valence-electron chi connectivity index (χ3n) is 1.34. The molecule has 0 aliphatic carbocycles. The van der Waals surface area contributed by atoms with E-state index in [1.165, 1.54) is 0 Å². The van der Waals surface area contributed by atoms with Gasteiger partial charge in [-0.2, -0.15) is 0 Å². The average molecular weight is 219 g/mol. The highest BCUT2D eigenvalue weighted by Gasteiger charge is 1.98. The van der Waals surface area contributed by atoms with Crippen LogP contribution >= 0.6 is 23.2 Å². The first-order valence-corrected chi connectivity index (χ1v) is 4.35. The Bertz CT molecular complexity index is 310. The van der Waals surface area contributed by atoms with E-state index >= 15 is 0 Å². The molecule has 1 aromatic rings. The highest BCUT2D eigenvalue weighted by atomic mass is 35.5. The molecule has 0 spiro atoms. The molecule has 0 saturated carbocycles. The minimum atomic E-state index is 0.120. The molecule has 0 atom stereocenters. The van der Waals surface area contributed by atoms with E-state index in [1.54, 1.807) is 25.3 Å². The van der Waals surface area contributed by atoms with Gasteiger partial charge in [0.25, 0.3) is 0 Å². The van der Waals surface area contributed by atoms with Gasteiger partial charge in [0, 0.05) is 6.07 Å². The SMILES string of the molecule is COc1cccc(O/C(Cl)=C\Cl)c1. The minimum absolute atomic E-state index is 0.120. The number of methoxy groups -OCH3 is 1. The Labute approximate surface area is 86.7 Å². The predicted octanol–water partition coefficient (Wildman–Crippen LogP) is 3.35. The van der Waals surface area contributed by atoms with Crippen molar-refractivity contribution in [2.75, 3.05) is 7.11 Å². The highest BCUT2D eigenvalue weighted by molar-refractivity contribution is 6.35. The third-order valence-corrected chi connectivity index (χ3v) is 1.84. The monoisotopic (exact) mass is 218 g/mol. The summed E-state index contributed by atoms with van der Waals surface area (Å²) in [4.78, 5) is 0. The van der Waals surface area contributed by atoms with Gasteiger partial charge in [-0.3, -0.25) is 0 Å². The van der Waals surface area contributed by atoms with Crippen LogP contribution in [0.15, 0.2) is 35.0 Å². The van der Waals surface area contributed by atoms with Crippen molar-refractivity contribution in [3.63, 3.8) is 0 Å². The molecular formula is C9H8Cl2O2. The summed E-state index contributed by atoms with van der Waals surface area (Å²) < 4.78 is 10.1. The Morgan fingerprint density at radius 2 is 2.08 bits per heavy atom. The van der Waals surface area contributed by atoms with E-state index in [9.17, 15) is 0 Å². The third kappa shape index (κ3) is 3.17. The average Bonchev–Trinajstić information content (AvgIpc) is 2.18.